The molecule has 4 aromatic rings. The fraction of sp³-hybridized carbons (Fsp3) is 0.571. The van der Waals surface area contributed by atoms with Crippen molar-refractivity contribution in [2.45, 2.75) is 93.8 Å². The molecule has 2 amide bonds. The molecule has 3 aliphatic rings. The molecule has 2 N–H and O–H groups in total. The second-order valence-corrected chi connectivity index (χ2v) is 12.4. The molecule has 0 radical (unpaired) electrons. The summed E-state index contributed by atoms with van der Waals surface area (Å²) < 4.78 is 81.2. The van der Waals surface area contributed by atoms with Gasteiger partial charge in [-0.15, -0.1) is 10.2 Å². The normalized spacial score (nSPS) is 24.3. The molecule has 13 nitrogen and oxygen atoms in total. The van der Waals surface area contributed by atoms with Crippen LogP contribution in [0.15, 0.2) is 27.5 Å². The fourth-order valence-electron chi connectivity index (χ4n) is 6.33. The van der Waals surface area contributed by atoms with Crippen molar-refractivity contribution in [3.8, 4) is 0 Å². The van der Waals surface area contributed by atoms with Crippen molar-refractivity contribution in [2.75, 3.05) is 0 Å². The largest absolute Gasteiger partial charge is 0.424 e. The van der Waals surface area contributed by atoms with Crippen LogP contribution in [0.3, 0.4) is 0 Å². The lowest BCUT2D eigenvalue weighted by molar-refractivity contribution is -0.155. The fourth-order valence-corrected chi connectivity index (χ4v) is 6.33. The second-order valence-electron chi connectivity index (χ2n) is 12.4. The van der Waals surface area contributed by atoms with E-state index in [0.717, 1.165) is 12.8 Å². The Morgan fingerprint density at radius 3 is 2.59 bits per heavy atom. The van der Waals surface area contributed by atoms with Crippen LogP contribution >= 0.6 is 0 Å². The number of aromatic nitrogens is 7. The zero-order valence-corrected chi connectivity index (χ0v) is 24.4. The van der Waals surface area contributed by atoms with E-state index in [2.05, 4.69) is 40.5 Å². The van der Waals surface area contributed by atoms with Crippen LogP contribution in [0.1, 0.15) is 96.1 Å². The first-order valence-electron chi connectivity index (χ1n) is 14.8. The first-order chi connectivity index (χ1) is 21.8. The molecule has 7 rings (SSSR count). The summed E-state index contributed by atoms with van der Waals surface area (Å²) in [7, 11) is 0. The number of carbonyl (C=O) groups excluding carboxylic acids is 2. The van der Waals surface area contributed by atoms with Crippen LogP contribution in [-0.4, -0.2) is 65.1 Å². The molecule has 46 heavy (non-hydrogen) atoms. The second kappa shape index (κ2) is 10.8. The smallest absolute Gasteiger partial charge is 0.408 e. The van der Waals surface area contributed by atoms with Crippen molar-refractivity contribution < 1.29 is 40.6 Å². The van der Waals surface area contributed by atoms with Crippen molar-refractivity contribution in [3.05, 3.63) is 52.9 Å². The van der Waals surface area contributed by atoms with Crippen LogP contribution in [0.4, 0.5) is 22.0 Å². The van der Waals surface area contributed by atoms with Gasteiger partial charge in [0.2, 0.25) is 23.6 Å². The Bertz CT molecular complexity index is 1790. The van der Waals surface area contributed by atoms with Crippen LogP contribution in [0, 0.1) is 12.8 Å². The molecule has 1 aliphatic heterocycles. The Morgan fingerprint density at radius 2 is 1.93 bits per heavy atom. The van der Waals surface area contributed by atoms with Gasteiger partial charge in [0.05, 0.1) is 24.1 Å². The molecule has 2 saturated carbocycles. The van der Waals surface area contributed by atoms with Crippen molar-refractivity contribution in [2.24, 2.45) is 5.92 Å². The molecule has 5 heterocycles. The Labute approximate surface area is 256 Å². The van der Waals surface area contributed by atoms with Crippen LogP contribution < -0.4 is 10.6 Å². The van der Waals surface area contributed by atoms with Crippen molar-refractivity contribution >= 4 is 17.5 Å². The molecular formula is C28H28F5N9O4. The van der Waals surface area contributed by atoms with E-state index in [1.807, 2.05) is 5.32 Å². The van der Waals surface area contributed by atoms with Gasteiger partial charge >= 0.3 is 6.18 Å². The van der Waals surface area contributed by atoms with Gasteiger partial charge in [0.25, 0.3) is 5.91 Å². The average molecular weight is 650 g/mol. The maximum atomic E-state index is 14.0. The van der Waals surface area contributed by atoms with E-state index in [0.29, 0.717) is 11.3 Å². The SMILES string of the molecule is Cc1nonc1C(=O)N[C@H](c1cn2ncc(C[C@]3(c4nnc(C5CC5)o4)C[C@@H](C(F)(F)F)NC3=O)cc2n1)C1CCC(F)(F)CC1. The standard InChI is InChI=1S/C28H28F5N9O4/c1-13-20(41-46-40-13)22(43)37-21(15-4-6-27(29,30)7-5-15)17-12-42-19(35-17)8-14(11-34-42)9-26(10-18(28(31,32)33)36-24(26)44)25-39-38-23(45-25)16-2-3-16/h8,11-12,15-16,18,21H,2-7,9-10H2,1H3,(H,36,44)(H,37,43)/t18-,21-,26-/m0/s1. The molecule has 18 heteroatoms. The van der Waals surface area contributed by atoms with Crippen LogP contribution in [0.2, 0.25) is 0 Å². The van der Waals surface area contributed by atoms with Gasteiger partial charge in [-0.1, -0.05) is 5.16 Å². The third-order valence-corrected chi connectivity index (χ3v) is 9.07. The highest BCUT2D eigenvalue weighted by Gasteiger charge is 2.59. The third kappa shape index (κ3) is 5.57. The molecule has 0 bridgehead atoms. The lowest BCUT2D eigenvalue weighted by Crippen LogP contribution is -2.40. The van der Waals surface area contributed by atoms with Crippen LogP contribution in [0.5, 0.6) is 0 Å². The molecular weight excluding hydrogens is 621 g/mol. The van der Waals surface area contributed by atoms with E-state index in [1.54, 1.807) is 12.3 Å². The topological polar surface area (TPSA) is 166 Å². The number of rotatable bonds is 8. The number of halogens is 5. The highest BCUT2D eigenvalue weighted by atomic mass is 19.4. The summed E-state index contributed by atoms with van der Waals surface area (Å²) in [5.74, 6) is -4.60. The van der Waals surface area contributed by atoms with E-state index in [4.69, 9.17) is 4.42 Å². The first-order valence-corrected chi connectivity index (χ1v) is 14.8. The lowest BCUT2D eigenvalue weighted by Gasteiger charge is -2.33. The number of carbonyl (C=O) groups is 2. The summed E-state index contributed by atoms with van der Waals surface area (Å²) in [4.78, 5) is 31.0. The zero-order chi connectivity index (χ0) is 32.4. The highest BCUT2D eigenvalue weighted by Crippen LogP contribution is 2.45. The number of fused-ring (bicyclic) bond motifs is 1. The van der Waals surface area contributed by atoms with E-state index in [-0.39, 0.29) is 66.8 Å². The van der Waals surface area contributed by atoms with Gasteiger partial charge in [0.1, 0.15) is 17.2 Å². The Balaban J connectivity index is 1.21. The van der Waals surface area contributed by atoms with Gasteiger partial charge in [-0.05, 0) is 68.2 Å². The zero-order valence-electron chi connectivity index (χ0n) is 24.4. The van der Waals surface area contributed by atoms with Crippen LogP contribution in [0.25, 0.3) is 5.65 Å². The molecule has 0 aromatic carbocycles. The Morgan fingerprint density at radius 1 is 1.17 bits per heavy atom. The number of hydrogen-bond acceptors (Lipinski definition) is 10. The molecule has 1 saturated heterocycles. The molecule has 3 atom stereocenters. The highest BCUT2D eigenvalue weighted by molar-refractivity contribution is 5.93. The number of nitrogens with zero attached hydrogens (tertiary/aromatic N) is 7. The maximum absolute atomic E-state index is 14.0. The molecule has 2 aliphatic carbocycles. The minimum atomic E-state index is -4.69. The van der Waals surface area contributed by atoms with Gasteiger partial charge in [0, 0.05) is 18.8 Å². The van der Waals surface area contributed by atoms with Gasteiger partial charge in [-0.25, -0.2) is 22.9 Å². The number of amides is 2. The number of aryl methyl sites for hydroxylation is 1. The molecule has 4 aromatic heterocycles. The quantitative estimate of drug-likeness (QED) is 0.267. The van der Waals surface area contributed by atoms with E-state index >= 15 is 0 Å². The Kier molecular flexibility index (Phi) is 7.08. The molecule has 244 valence electrons. The summed E-state index contributed by atoms with van der Waals surface area (Å²) in [5, 5.41) is 24.5. The number of hydrogen-bond donors (Lipinski definition) is 2. The summed E-state index contributed by atoms with van der Waals surface area (Å²) in [6.45, 7) is 1.54. The molecule has 3 fully saturated rings. The van der Waals surface area contributed by atoms with Gasteiger partial charge in [-0.2, -0.15) is 18.3 Å². The van der Waals surface area contributed by atoms with Crippen molar-refractivity contribution in [1.82, 2.24) is 45.7 Å². The monoisotopic (exact) mass is 649 g/mol. The summed E-state index contributed by atoms with van der Waals surface area (Å²) in [6, 6.07) is -1.35. The number of nitrogens with one attached hydrogen (secondary N) is 2. The number of imidazole rings is 1. The van der Waals surface area contributed by atoms with E-state index < -0.39 is 53.8 Å². The van der Waals surface area contributed by atoms with E-state index in [1.165, 1.54) is 17.6 Å². The minimum Gasteiger partial charge on any atom is -0.424 e. The van der Waals surface area contributed by atoms with Gasteiger partial charge in [-0.3, -0.25) is 9.59 Å². The average Bonchev–Trinajstić information content (AvgIpc) is 3.31. The molecule has 0 unspecified atom stereocenters. The minimum absolute atomic E-state index is 0.0239. The van der Waals surface area contributed by atoms with Crippen molar-refractivity contribution in [3.63, 3.8) is 0 Å². The summed E-state index contributed by atoms with van der Waals surface area (Å²) in [5.41, 5.74) is -0.648. The maximum Gasteiger partial charge on any atom is 0.408 e. The third-order valence-electron chi connectivity index (χ3n) is 9.07. The number of alkyl halides is 5. The van der Waals surface area contributed by atoms with Gasteiger partial charge in [0.15, 0.2) is 11.3 Å². The summed E-state index contributed by atoms with van der Waals surface area (Å²) >= 11 is 0. The first kappa shape index (κ1) is 30.2. The van der Waals surface area contributed by atoms with Gasteiger partial charge < -0.3 is 15.1 Å². The molecule has 0 spiro atoms. The predicted molar refractivity (Wildman–Crippen MR) is 143 cm³/mol. The Hall–Kier alpha value is -4.51. The summed E-state index contributed by atoms with van der Waals surface area (Å²) in [6.07, 6.45) is -1.49. The van der Waals surface area contributed by atoms with Crippen LogP contribution in [-0.2, 0) is 16.6 Å². The predicted octanol–water partition coefficient (Wildman–Crippen LogP) is 3.91. The lowest BCUT2D eigenvalue weighted by atomic mass is 9.79. The van der Waals surface area contributed by atoms with E-state index in [9.17, 15) is 31.5 Å². The van der Waals surface area contributed by atoms with Crippen molar-refractivity contribution in [1.29, 1.82) is 0 Å².